The number of pyridine rings is 1. The molecule has 1 N–H and O–H groups in total. The molecule has 2 aromatic heterocycles. The van der Waals surface area contributed by atoms with Crippen LogP contribution in [0.2, 0.25) is 0 Å². The molecule has 6 aromatic carbocycles. The zero-order valence-corrected chi connectivity index (χ0v) is 36.7. The molecule has 1 aliphatic rings. The van der Waals surface area contributed by atoms with Gasteiger partial charge >= 0.3 is 0 Å². The van der Waals surface area contributed by atoms with Crippen LogP contribution < -0.4 is 0 Å². The molecule has 0 spiro atoms. The van der Waals surface area contributed by atoms with Crippen molar-refractivity contribution in [1.29, 1.82) is 0 Å². The minimum Gasteiger partial charge on any atom is -0.507 e. The number of nitrogens with zero attached hydrogens (tertiary/aromatic N) is 3. The van der Waals surface area contributed by atoms with Crippen LogP contribution in [0, 0.1) is 6.07 Å². The molecule has 0 atom stereocenters. The Balaban J connectivity index is 0.00000469. The molecule has 8 aromatic rings. The summed E-state index contributed by atoms with van der Waals surface area (Å²) in [5.41, 5.74) is 15.8. The molecule has 0 radical (unpaired) electrons. The molecule has 292 valence electrons. The molecule has 0 amide bonds. The summed E-state index contributed by atoms with van der Waals surface area (Å²) < 4.78 is 2.19. The molecule has 5 heteroatoms. The van der Waals surface area contributed by atoms with E-state index in [-0.39, 0.29) is 43.1 Å². The Hall–Kier alpha value is -5.57. The number of aromatic nitrogens is 3. The van der Waals surface area contributed by atoms with Crippen molar-refractivity contribution in [3.05, 3.63) is 168 Å². The van der Waals surface area contributed by atoms with Gasteiger partial charge in [-0.1, -0.05) is 169 Å². The van der Waals surface area contributed by atoms with Gasteiger partial charge in [-0.05, 0) is 62.9 Å². The second-order valence-electron chi connectivity index (χ2n) is 18.0. The normalized spacial score (nSPS) is 13.2. The minimum absolute atomic E-state index is 0. The average molecular weight is 938 g/mol. The van der Waals surface area contributed by atoms with Crippen LogP contribution in [0.5, 0.6) is 5.75 Å². The van der Waals surface area contributed by atoms with Gasteiger partial charge < -0.3 is 5.11 Å². The second-order valence-corrected chi connectivity index (χ2v) is 18.0. The molecule has 0 fully saturated rings. The van der Waals surface area contributed by atoms with Crippen LogP contribution in [-0.4, -0.2) is 19.6 Å². The van der Waals surface area contributed by atoms with Crippen molar-refractivity contribution < 1.29 is 26.2 Å². The first kappa shape index (κ1) is 39.3. The van der Waals surface area contributed by atoms with Gasteiger partial charge in [0, 0.05) is 55.2 Å². The maximum absolute atomic E-state index is 12.2. The number of rotatable bonds is 5. The smallest absolute Gasteiger partial charge is 0.148 e. The summed E-state index contributed by atoms with van der Waals surface area (Å²) in [6.07, 6.45) is 2.04. The predicted molar refractivity (Wildman–Crippen MR) is 236 cm³/mol. The van der Waals surface area contributed by atoms with Crippen LogP contribution in [0.1, 0.15) is 77.6 Å². The number of benzene rings is 6. The molecule has 9 rings (SSSR count). The van der Waals surface area contributed by atoms with E-state index in [9.17, 15) is 5.11 Å². The van der Waals surface area contributed by atoms with Crippen LogP contribution in [0.25, 0.3) is 72.7 Å². The van der Waals surface area contributed by atoms with Crippen LogP contribution in [0.4, 0.5) is 0 Å². The Kier molecular flexibility index (Phi) is 9.72. The van der Waals surface area contributed by atoms with Crippen LogP contribution in [-0.2, 0) is 37.3 Å². The van der Waals surface area contributed by atoms with E-state index in [4.69, 9.17) is 9.97 Å². The van der Waals surface area contributed by atoms with E-state index in [1.165, 1.54) is 22.3 Å². The van der Waals surface area contributed by atoms with Gasteiger partial charge in [0.1, 0.15) is 11.6 Å². The summed E-state index contributed by atoms with van der Waals surface area (Å²) >= 11 is 0. The van der Waals surface area contributed by atoms with Gasteiger partial charge in [-0.2, -0.15) is 0 Å². The molecule has 58 heavy (non-hydrogen) atoms. The van der Waals surface area contributed by atoms with Crippen molar-refractivity contribution in [2.24, 2.45) is 0 Å². The third-order valence-electron chi connectivity index (χ3n) is 11.7. The fraction of sp³-hybridized carbons (Fsp3) is 0.208. The van der Waals surface area contributed by atoms with Gasteiger partial charge in [0.05, 0.1) is 16.6 Å². The van der Waals surface area contributed by atoms with Crippen LogP contribution in [0.15, 0.2) is 140 Å². The molecule has 0 bridgehead atoms. The Labute approximate surface area is 357 Å². The predicted octanol–water partition coefficient (Wildman–Crippen LogP) is 13.5. The van der Waals surface area contributed by atoms with Gasteiger partial charge in [0.15, 0.2) is 0 Å². The van der Waals surface area contributed by atoms with Crippen LogP contribution >= 0.6 is 0 Å². The van der Waals surface area contributed by atoms with Crippen molar-refractivity contribution in [1.82, 2.24) is 14.5 Å². The van der Waals surface area contributed by atoms with Gasteiger partial charge in [0.25, 0.3) is 0 Å². The number of imidazole rings is 1. The van der Waals surface area contributed by atoms with Gasteiger partial charge in [-0.3, -0.25) is 9.55 Å². The van der Waals surface area contributed by atoms with Crippen molar-refractivity contribution >= 4 is 11.0 Å². The molecule has 0 saturated heterocycles. The molecule has 1 aliphatic carbocycles. The summed E-state index contributed by atoms with van der Waals surface area (Å²) in [4.78, 5) is 10.6. The number of phenolic OH excluding ortho intramolecular Hbond substituents is 1. The largest absolute Gasteiger partial charge is 0.507 e. The van der Waals surface area contributed by atoms with E-state index in [0.29, 0.717) is 11.4 Å². The third-order valence-corrected chi connectivity index (χ3v) is 11.7. The quantitative estimate of drug-likeness (QED) is 0.175. The summed E-state index contributed by atoms with van der Waals surface area (Å²) in [5, 5.41) is 12.2. The molecular weight excluding hydrogens is 890 g/mol. The molecule has 0 saturated carbocycles. The number of hydrogen-bond acceptors (Lipinski definition) is 3. The maximum atomic E-state index is 12.2. The SMILES string of the molecule is CC(C)(C)c1cc(-c2nc3c(-c4[c-]c(-c5cc6c(cn5)-c5ccccc5C6(C)C)cc(-c5ccccc5)c4)cccc3n2-c2ccccc2)c(O)c(C(C)(C)C)c1.[Pt]. The number of para-hydroxylation sites is 2. The number of hydrogen-bond donors (Lipinski definition) is 1. The summed E-state index contributed by atoms with van der Waals surface area (Å²) in [6.45, 7) is 17.7. The standard InChI is InChI=1S/C53H48N3O.Pt/c1-51(2,3)37-29-41(49(57)45(30-37)52(4,5)6)50-55-48-39(23-17-25-47(48)56(50)38-20-13-10-14-21-38)35-26-34(33-18-11-9-12-19-33)27-36(28-35)46-31-44-42(32-54-46)40-22-15-16-24-43(40)53(44,7)8;/h9-27,29-32,57H,1-8H3;/q-1;. The van der Waals surface area contributed by atoms with Gasteiger partial charge in [-0.15, -0.1) is 23.8 Å². The molecule has 4 nitrogen and oxygen atoms in total. The van der Waals surface area contributed by atoms with Gasteiger partial charge in [0.2, 0.25) is 0 Å². The first-order chi connectivity index (χ1) is 27.2. The summed E-state index contributed by atoms with van der Waals surface area (Å²) in [6, 6.07) is 50.7. The van der Waals surface area contributed by atoms with E-state index >= 15 is 0 Å². The molecule has 0 aliphatic heterocycles. The maximum Gasteiger partial charge on any atom is 0.148 e. The second kappa shape index (κ2) is 14.4. The number of phenols is 1. The Bertz CT molecular complexity index is 2840. The zero-order chi connectivity index (χ0) is 39.9. The topological polar surface area (TPSA) is 50.9 Å². The fourth-order valence-corrected chi connectivity index (χ4v) is 8.54. The third kappa shape index (κ3) is 6.62. The monoisotopic (exact) mass is 937 g/mol. The summed E-state index contributed by atoms with van der Waals surface area (Å²) in [7, 11) is 0. The van der Waals surface area contributed by atoms with E-state index in [1.807, 2.05) is 24.4 Å². The molecular formula is C53H48N3OPt-. The number of fused-ring (bicyclic) bond motifs is 4. The Morgan fingerprint density at radius 1 is 0.603 bits per heavy atom. The Morgan fingerprint density at radius 2 is 1.26 bits per heavy atom. The van der Waals surface area contributed by atoms with Crippen molar-refractivity contribution in [3.63, 3.8) is 0 Å². The first-order valence-corrected chi connectivity index (χ1v) is 19.9. The minimum atomic E-state index is -0.290. The fourth-order valence-electron chi connectivity index (χ4n) is 8.54. The van der Waals surface area contributed by atoms with Gasteiger partial charge in [-0.25, -0.2) is 4.98 Å². The first-order valence-electron chi connectivity index (χ1n) is 19.9. The van der Waals surface area contributed by atoms with E-state index < -0.39 is 0 Å². The van der Waals surface area contributed by atoms with Crippen molar-refractivity contribution in [2.45, 2.75) is 71.6 Å². The van der Waals surface area contributed by atoms with Crippen molar-refractivity contribution in [2.75, 3.05) is 0 Å². The van der Waals surface area contributed by atoms with E-state index in [0.717, 1.165) is 61.4 Å². The summed E-state index contributed by atoms with van der Waals surface area (Å²) in [5.74, 6) is 0.955. The van der Waals surface area contributed by atoms with E-state index in [2.05, 4.69) is 181 Å². The number of aromatic hydroxyl groups is 1. The van der Waals surface area contributed by atoms with Crippen molar-refractivity contribution in [3.8, 4) is 67.5 Å². The zero-order valence-electron chi connectivity index (χ0n) is 34.4. The molecule has 0 unspecified atom stereocenters. The average Bonchev–Trinajstić information content (AvgIpc) is 3.70. The van der Waals surface area contributed by atoms with Crippen LogP contribution in [0.3, 0.4) is 0 Å². The molecule has 2 heterocycles. The van der Waals surface area contributed by atoms with E-state index in [1.54, 1.807) is 0 Å². The Morgan fingerprint density at radius 3 is 1.97 bits per heavy atom.